The lowest BCUT2D eigenvalue weighted by atomic mass is 10.0. The summed E-state index contributed by atoms with van der Waals surface area (Å²) >= 11 is 3.11. The zero-order chi connectivity index (χ0) is 11.7. The van der Waals surface area contributed by atoms with Crippen molar-refractivity contribution in [3.05, 3.63) is 58.3 Å². The fourth-order valence-corrected chi connectivity index (χ4v) is 1.75. The van der Waals surface area contributed by atoms with Gasteiger partial charge in [-0.05, 0) is 24.3 Å². The molecule has 0 unspecified atom stereocenters. The van der Waals surface area contributed by atoms with Crippen molar-refractivity contribution < 1.29 is 13.2 Å². The third-order valence-corrected chi connectivity index (χ3v) is 2.65. The Labute approximate surface area is 98.9 Å². The van der Waals surface area contributed by atoms with E-state index >= 15 is 0 Å². The highest BCUT2D eigenvalue weighted by atomic mass is 79.9. The number of hydrogen-bond acceptors (Lipinski definition) is 0. The molecule has 0 heterocycles. The van der Waals surface area contributed by atoms with Crippen LogP contribution in [0.1, 0.15) is 0 Å². The fraction of sp³-hybridized carbons (Fsp3) is 0. The van der Waals surface area contributed by atoms with Crippen LogP contribution in [0, 0.1) is 17.5 Å². The van der Waals surface area contributed by atoms with Gasteiger partial charge in [-0.25, -0.2) is 13.2 Å². The number of hydrogen-bond donors (Lipinski definition) is 0. The molecule has 16 heavy (non-hydrogen) atoms. The van der Waals surface area contributed by atoms with E-state index in [1.807, 2.05) is 0 Å². The van der Waals surface area contributed by atoms with E-state index in [0.717, 1.165) is 12.1 Å². The summed E-state index contributed by atoms with van der Waals surface area (Å²) in [6, 6.07) is 7.32. The second kappa shape index (κ2) is 4.29. The highest BCUT2D eigenvalue weighted by Crippen LogP contribution is 2.27. The van der Waals surface area contributed by atoms with Crippen molar-refractivity contribution in [2.24, 2.45) is 0 Å². The van der Waals surface area contributed by atoms with Gasteiger partial charge in [0.25, 0.3) is 0 Å². The Morgan fingerprint density at radius 1 is 0.750 bits per heavy atom. The van der Waals surface area contributed by atoms with E-state index in [2.05, 4.69) is 15.9 Å². The summed E-state index contributed by atoms with van der Waals surface area (Å²) in [6.45, 7) is 0. The zero-order valence-corrected chi connectivity index (χ0v) is 9.56. The van der Waals surface area contributed by atoms with Gasteiger partial charge >= 0.3 is 0 Å². The maximum atomic E-state index is 13.5. The van der Waals surface area contributed by atoms with E-state index in [4.69, 9.17) is 0 Å². The van der Waals surface area contributed by atoms with Crippen molar-refractivity contribution >= 4 is 15.9 Å². The van der Waals surface area contributed by atoms with E-state index in [9.17, 15) is 13.2 Å². The Morgan fingerprint density at radius 2 is 1.31 bits per heavy atom. The van der Waals surface area contributed by atoms with Crippen molar-refractivity contribution in [3.63, 3.8) is 0 Å². The first-order chi connectivity index (χ1) is 7.58. The first kappa shape index (κ1) is 11.2. The Bertz CT molecular complexity index is 488. The van der Waals surface area contributed by atoms with E-state index in [0.29, 0.717) is 4.47 Å². The lowest BCUT2D eigenvalue weighted by Crippen LogP contribution is -1.89. The molecule has 0 bridgehead atoms. The van der Waals surface area contributed by atoms with Gasteiger partial charge in [0.2, 0.25) is 0 Å². The van der Waals surface area contributed by atoms with Gasteiger partial charge in [0.15, 0.2) is 0 Å². The molecule has 0 spiro atoms. The normalized spacial score (nSPS) is 10.5. The van der Waals surface area contributed by atoms with Gasteiger partial charge in [-0.15, -0.1) is 0 Å². The Morgan fingerprint density at radius 3 is 1.88 bits per heavy atom. The maximum Gasteiger partial charge on any atom is 0.134 e. The smallest absolute Gasteiger partial charge is 0.134 e. The topological polar surface area (TPSA) is 0 Å². The molecule has 0 aliphatic carbocycles. The van der Waals surface area contributed by atoms with E-state index in [1.54, 1.807) is 6.07 Å². The molecule has 4 heteroatoms. The Balaban J connectivity index is 2.59. The molecule has 0 aromatic heterocycles. The highest BCUT2D eigenvalue weighted by molar-refractivity contribution is 9.10. The van der Waals surface area contributed by atoms with Gasteiger partial charge in [0.1, 0.15) is 17.5 Å². The lowest BCUT2D eigenvalue weighted by molar-refractivity contribution is 0.582. The van der Waals surface area contributed by atoms with Crippen LogP contribution >= 0.6 is 15.9 Å². The van der Waals surface area contributed by atoms with Crippen LogP contribution < -0.4 is 0 Å². The fourth-order valence-electron chi connectivity index (χ4n) is 1.42. The molecule has 0 saturated carbocycles. The Hall–Kier alpha value is -1.29. The van der Waals surface area contributed by atoms with Crippen molar-refractivity contribution in [2.45, 2.75) is 0 Å². The minimum Gasteiger partial charge on any atom is -0.207 e. The molecule has 0 fully saturated rings. The molecule has 0 N–H and O–H groups in total. The van der Waals surface area contributed by atoms with Crippen LogP contribution in [-0.2, 0) is 0 Å². The van der Waals surface area contributed by atoms with Gasteiger partial charge in [-0.3, -0.25) is 0 Å². The molecule has 0 atom stereocenters. The molecular formula is C12H6BrF3. The monoisotopic (exact) mass is 286 g/mol. The van der Waals surface area contributed by atoms with E-state index < -0.39 is 17.5 Å². The molecular weight excluding hydrogens is 281 g/mol. The first-order valence-corrected chi connectivity index (χ1v) is 5.27. The van der Waals surface area contributed by atoms with Crippen molar-refractivity contribution in [2.75, 3.05) is 0 Å². The predicted molar refractivity (Wildman–Crippen MR) is 59.5 cm³/mol. The molecule has 2 aromatic carbocycles. The average Bonchev–Trinajstić information content (AvgIpc) is 2.19. The van der Waals surface area contributed by atoms with Crippen molar-refractivity contribution in [3.8, 4) is 11.1 Å². The van der Waals surface area contributed by atoms with Crippen LogP contribution in [0.3, 0.4) is 0 Å². The van der Waals surface area contributed by atoms with Gasteiger partial charge in [-0.1, -0.05) is 22.0 Å². The molecule has 0 nitrogen and oxygen atoms in total. The number of halogens is 4. The van der Waals surface area contributed by atoms with Gasteiger partial charge in [0, 0.05) is 21.7 Å². The quantitative estimate of drug-likeness (QED) is 0.722. The van der Waals surface area contributed by atoms with E-state index in [1.165, 1.54) is 18.2 Å². The second-order valence-corrected chi connectivity index (χ2v) is 4.16. The highest BCUT2D eigenvalue weighted by Gasteiger charge is 2.10. The number of benzene rings is 2. The summed E-state index contributed by atoms with van der Waals surface area (Å²) in [5.41, 5.74) is 0.159. The molecule has 0 radical (unpaired) electrons. The van der Waals surface area contributed by atoms with Crippen LogP contribution in [0.5, 0.6) is 0 Å². The molecule has 0 aliphatic rings. The summed E-state index contributed by atoms with van der Waals surface area (Å²) in [5, 5.41) is 0. The first-order valence-electron chi connectivity index (χ1n) is 4.48. The third kappa shape index (κ3) is 2.11. The van der Waals surface area contributed by atoms with Crippen molar-refractivity contribution in [1.82, 2.24) is 0 Å². The Kier molecular flexibility index (Phi) is 3.01. The van der Waals surface area contributed by atoms with Crippen LogP contribution in [0.25, 0.3) is 11.1 Å². The molecule has 0 aliphatic heterocycles. The van der Waals surface area contributed by atoms with Gasteiger partial charge in [0.05, 0.1) is 0 Å². The molecule has 0 saturated heterocycles. The average molecular weight is 287 g/mol. The predicted octanol–water partition coefficient (Wildman–Crippen LogP) is 4.53. The number of rotatable bonds is 1. The van der Waals surface area contributed by atoms with Gasteiger partial charge in [-0.2, -0.15) is 0 Å². The summed E-state index contributed by atoms with van der Waals surface area (Å²) < 4.78 is 40.2. The largest absolute Gasteiger partial charge is 0.207 e. The minimum atomic E-state index is -0.777. The molecule has 82 valence electrons. The SMILES string of the molecule is Fc1ccc(-c2ccc(Br)cc2F)c(F)c1. The van der Waals surface area contributed by atoms with Crippen LogP contribution in [-0.4, -0.2) is 0 Å². The standard InChI is InChI=1S/C12H6BrF3/c13-7-1-3-9(11(15)5-7)10-4-2-8(14)6-12(10)16/h1-6H. The van der Waals surface area contributed by atoms with E-state index in [-0.39, 0.29) is 11.1 Å². The molecule has 2 rings (SSSR count). The minimum absolute atomic E-state index is 0.0476. The third-order valence-electron chi connectivity index (χ3n) is 2.15. The summed E-state index contributed by atoms with van der Waals surface area (Å²) in [4.78, 5) is 0. The molecule has 0 amide bonds. The second-order valence-electron chi connectivity index (χ2n) is 3.25. The van der Waals surface area contributed by atoms with Gasteiger partial charge < -0.3 is 0 Å². The van der Waals surface area contributed by atoms with Crippen LogP contribution in [0.2, 0.25) is 0 Å². The lowest BCUT2D eigenvalue weighted by Gasteiger charge is -2.05. The summed E-state index contributed by atoms with van der Waals surface area (Å²) in [5.74, 6) is -2.01. The maximum absolute atomic E-state index is 13.5. The molecule has 2 aromatic rings. The van der Waals surface area contributed by atoms with Crippen molar-refractivity contribution in [1.29, 1.82) is 0 Å². The summed E-state index contributed by atoms with van der Waals surface area (Å²) in [7, 11) is 0. The summed E-state index contributed by atoms with van der Waals surface area (Å²) in [6.07, 6.45) is 0. The van der Waals surface area contributed by atoms with Crippen LogP contribution in [0.4, 0.5) is 13.2 Å². The zero-order valence-electron chi connectivity index (χ0n) is 7.98. The van der Waals surface area contributed by atoms with Crippen LogP contribution in [0.15, 0.2) is 40.9 Å².